The van der Waals surface area contributed by atoms with Crippen LogP contribution < -0.4 is 0 Å². The number of benzene rings is 2. The topological polar surface area (TPSA) is 56.7 Å². The van der Waals surface area contributed by atoms with Crippen molar-refractivity contribution in [1.29, 1.82) is 5.41 Å². The van der Waals surface area contributed by atoms with Gasteiger partial charge in [-0.2, -0.15) is 0 Å². The van der Waals surface area contributed by atoms with E-state index in [9.17, 15) is 4.79 Å². The third-order valence-corrected chi connectivity index (χ3v) is 4.38. The molecule has 3 nitrogen and oxygen atoms in total. The maximum absolute atomic E-state index is 13.3. The summed E-state index contributed by atoms with van der Waals surface area (Å²) in [5, 5.41) is 8.48. The van der Waals surface area contributed by atoms with Crippen LogP contribution in [0.5, 0.6) is 0 Å². The number of H-pyrrole nitrogens is 1. The summed E-state index contributed by atoms with van der Waals surface area (Å²) in [5.74, 6) is 0.0926. The van der Waals surface area contributed by atoms with Gasteiger partial charge in [-0.1, -0.05) is 49.4 Å². The highest BCUT2D eigenvalue weighted by Crippen LogP contribution is 2.33. The van der Waals surface area contributed by atoms with Crippen LogP contribution in [-0.2, 0) is 6.42 Å². The maximum atomic E-state index is 13.3. The molecule has 2 aromatic carbocycles. The minimum Gasteiger partial charge on any atom is -0.361 e. The number of hydrogen-bond acceptors (Lipinski definition) is 2. The number of hydrogen-bond donors (Lipinski definition) is 2. The van der Waals surface area contributed by atoms with Crippen LogP contribution in [0.4, 0.5) is 0 Å². The Morgan fingerprint density at radius 2 is 1.91 bits per heavy atom. The van der Waals surface area contributed by atoms with Gasteiger partial charge in [0.1, 0.15) is 0 Å². The number of ketones is 1. The molecule has 0 saturated heterocycles. The molecule has 1 atom stereocenters. The molecular weight excluding hydrogens is 284 g/mol. The van der Waals surface area contributed by atoms with Gasteiger partial charge in [0.2, 0.25) is 0 Å². The Labute approximate surface area is 135 Å². The fraction of sp³-hybridized carbons (Fsp3) is 0.200. The summed E-state index contributed by atoms with van der Waals surface area (Å²) >= 11 is 0. The Kier molecular flexibility index (Phi) is 4.11. The Balaban J connectivity index is 2.01. The highest BCUT2D eigenvalue weighted by molar-refractivity contribution is 6.10. The molecule has 1 aromatic heterocycles. The molecule has 0 aliphatic carbocycles. The zero-order valence-corrected chi connectivity index (χ0v) is 13.2. The average Bonchev–Trinajstić information content (AvgIpc) is 3.04. The van der Waals surface area contributed by atoms with Gasteiger partial charge in [-0.3, -0.25) is 4.79 Å². The number of rotatable bonds is 6. The van der Waals surface area contributed by atoms with Crippen molar-refractivity contribution in [2.45, 2.75) is 19.8 Å². The van der Waals surface area contributed by atoms with Gasteiger partial charge >= 0.3 is 0 Å². The summed E-state index contributed by atoms with van der Waals surface area (Å²) in [6.45, 7) is 1.96. The molecule has 116 valence electrons. The molecule has 1 unspecified atom stereocenters. The predicted octanol–water partition coefficient (Wildman–Crippen LogP) is 4.64. The fourth-order valence-electron chi connectivity index (χ4n) is 3.13. The van der Waals surface area contributed by atoms with Crippen LogP contribution in [0.2, 0.25) is 0 Å². The number of fused-ring (bicyclic) bond motifs is 1. The molecule has 0 aliphatic rings. The molecule has 0 radical (unpaired) electrons. The van der Waals surface area contributed by atoms with Crippen LogP contribution in [-0.4, -0.2) is 17.0 Å². The summed E-state index contributed by atoms with van der Waals surface area (Å²) in [7, 11) is 0. The second kappa shape index (κ2) is 6.21. The van der Waals surface area contributed by atoms with Crippen molar-refractivity contribution in [3.8, 4) is 0 Å². The Morgan fingerprint density at radius 3 is 2.65 bits per heavy atom. The molecule has 0 bridgehead atoms. The number of aromatic amines is 1. The van der Waals surface area contributed by atoms with E-state index < -0.39 is 5.41 Å². The van der Waals surface area contributed by atoms with Crippen LogP contribution in [0.25, 0.3) is 10.9 Å². The van der Waals surface area contributed by atoms with Gasteiger partial charge in [-0.25, -0.2) is 0 Å². The summed E-state index contributed by atoms with van der Waals surface area (Å²) < 4.78 is 0. The Hall–Kier alpha value is -2.68. The van der Waals surface area contributed by atoms with Crippen molar-refractivity contribution in [2.75, 3.05) is 0 Å². The van der Waals surface area contributed by atoms with Crippen molar-refractivity contribution in [3.63, 3.8) is 0 Å². The monoisotopic (exact) mass is 304 g/mol. The highest BCUT2D eigenvalue weighted by atomic mass is 16.1. The largest absolute Gasteiger partial charge is 0.361 e. The van der Waals surface area contributed by atoms with Crippen molar-refractivity contribution in [1.82, 2.24) is 4.98 Å². The van der Waals surface area contributed by atoms with Crippen LogP contribution in [0.3, 0.4) is 0 Å². The normalized spacial score (nSPS) is 13.6. The third-order valence-electron chi connectivity index (χ3n) is 4.38. The second-order valence-corrected chi connectivity index (χ2v) is 6.20. The van der Waals surface area contributed by atoms with Gasteiger partial charge in [-0.05, 0) is 36.8 Å². The first-order valence-corrected chi connectivity index (χ1v) is 7.78. The number of Topliss-reactive ketones (excluding diaryl/α,β-unsaturated/α-hetero) is 1. The summed E-state index contributed by atoms with van der Waals surface area (Å²) in [6.07, 6.45) is 4.26. The van der Waals surface area contributed by atoms with E-state index in [2.05, 4.69) is 4.98 Å². The molecule has 3 rings (SSSR count). The fourth-order valence-corrected chi connectivity index (χ4v) is 3.13. The number of aromatic nitrogens is 1. The molecule has 0 aliphatic heterocycles. The minimum absolute atomic E-state index is 0.0926. The van der Waals surface area contributed by atoms with Crippen molar-refractivity contribution >= 4 is 22.9 Å². The van der Waals surface area contributed by atoms with E-state index >= 15 is 0 Å². The van der Waals surface area contributed by atoms with Gasteiger partial charge in [0.05, 0.1) is 0 Å². The van der Waals surface area contributed by atoms with Crippen LogP contribution >= 0.6 is 0 Å². The smallest absolute Gasteiger partial charge is 0.170 e. The SMILES string of the molecule is CC(CC=N)(Cc1ccccc1)C(=O)c1cccc2[nH]ccc12. The van der Waals surface area contributed by atoms with Crippen LogP contribution in [0.1, 0.15) is 29.3 Å². The first-order valence-electron chi connectivity index (χ1n) is 7.78. The first-order chi connectivity index (χ1) is 11.1. The molecule has 3 aromatic rings. The van der Waals surface area contributed by atoms with E-state index in [0.717, 1.165) is 22.0 Å². The van der Waals surface area contributed by atoms with Crippen LogP contribution in [0, 0.1) is 10.8 Å². The molecule has 1 heterocycles. The van der Waals surface area contributed by atoms with E-state index in [1.807, 2.05) is 67.7 Å². The van der Waals surface area contributed by atoms with Crippen LogP contribution in [0.15, 0.2) is 60.8 Å². The quantitative estimate of drug-likeness (QED) is 0.506. The predicted molar refractivity (Wildman–Crippen MR) is 94.3 cm³/mol. The van der Waals surface area contributed by atoms with E-state index in [4.69, 9.17) is 5.41 Å². The zero-order chi connectivity index (χ0) is 16.3. The summed E-state index contributed by atoms with van der Waals surface area (Å²) in [4.78, 5) is 16.4. The van der Waals surface area contributed by atoms with Crippen molar-refractivity contribution in [2.24, 2.45) is 5.41 Å². The number of carbonyl (C=O) groups excluding carboxylic acids is 1. The van der Waals surface area contributed by atoms with Gasteiger partial charge in [0.25, 0.3) is 0 Å². The lowest BCUT2D eigenvalue weighted by Crippen LogP contribution is -2.31. The molecule has 0 saturated carbocycles. The Bertz CT molecular complexity index is 835. The van der Waals surface area contributed by atoms with E-state index in [1.54, 1.807) is 0 Å². The van der Waals surface area contributed by atoms with Crippen molar-refractivity contribution in [3.05, 3.63) is 71.9 Å². The molecule has 0 spiro atoms. The second-order valence-electron chi connectivity index (χ2n) is 6.20. The summed E-state index contributed by atoms with van der Waals surface area (Å²) in [5.41, 5.74) is 2.19. The van der Waals surface area contributed by atoms with Gasteiger partial charge < -0.3 is 10.4 Å². The molecular formula is C20H20N2O. The standard InChI is InChI=1S/C20H20N2O/c1-20(11-12-21,14-15-6-3-2-4-7-15)19(23)17-8-5-9-18-16(17)10-13-22-18/h2-10,12-13,21-22H,11,14H2,1H3. The number of nitrogens with one attached hydrogen (secondary N) is 2. The molecule has 0 fully saturated rings. The first kappa shape index (κ1) is 15.2. The molecule has 0 amide bonds. The van der Waals surface area contributed by atoms with E-state index in [-0.39, 0.29) is 5.78 Å². The van der Waals surface area contributed by atoms with Crippen molar-refractivity contribution < 1.29 is 4.79 Å². The summed E-state index contributed by atoms with van der Waals surface area (Å²) in [6, 6.07) is 17.7. The molecule has 2 N–H and O–H groups in total. The number of carbonyl (C=O) groups is 1. The third kappa shape index (κ3) is 2.95. The maximum Gasteiger partial charge on any atom is 0.170 e. The van der Waals surface area contributed by atoms with E-state index in [0.29, 0.717) is 12.8 Å². The lowest BCUT2D eigenvalue weighted by atomic mass is 9.74. The Morgan fingerprint density at radius 1 is 1.13 bits per heavy atom. The lowest BCUT2D eigenvalue weighted by molar-refractivity contribution is 0.0826. The van der Waals surface area contributed by atoms with Gasteiger partial charge in [0.15, 0.2) is 5.78 Å². The average molecular weight is 304 g/mol. The highest BCUT2D eigenvalue weighted by Gasteiger charge is 2.34. The van der Waals surface area contributed by atoms with Gasteiger partial charge in [0, 0.05) is 28.1 Å². The lowest BCUT2D eigenvalue weighted by Gasteiger charge is -2.27. The van der Waals surface area contributed by atoms with Gasteiger partial charge in [-0.15, -0.1) is 0 Å². The zero-order valence-electron chi connectivity index (χ0n) is 13.2. The molecule has 3 heteroatoms. The molecule has 23 heavy (non-hydrogen) atoms. The minimum atomic E-state index is -0.616. The van der Waals surface area contributed by atoms with E-state index in [1.165, 1.54) is 6.21 Å².